The summed E-state index contributed by atoms with van der Waals surface area (Å²) in [6, 6.07) is 5.43. The van der Waals surface area contributed by atoms with Crippen LogP contribution >= 0.6 is 0 Å². The van der Waals surface area contributed by atoms with Gasteiger partial charge in [0.1, 0.15) is 11.5 Å². The Bertz CT molecular complexity index is 231. The zero-order valence-corrected chi connectivity index (χ0v) is 8.57. The van der Waals surface area contributed by atoms with Gasteiger partial charge in [-0.3, -0.25) is 0 Å². The Labute approximate surface area is 78.6 Å². The minimum Gasteiger partial charge on any atom is -0.239 e. The second-order valence-electron chi connectivity index (χ2n) is 2.98. The van der Waals surface area contributed by atoms with Crippen LogP contribution in [0.2, 0.25) is 0 Å². The van der Waals surface area contributed by atoms with Crippen LogP contribution in [0.3, 0.4) is 0 Å². The van der Waals surface area contributed by atoms with Crippen LogP contribution in [0, 0.1) is 5.82 Å². The van der Waals surface area contributed by atoms with Gasteiger partial charge in [-0.2, -0.15) is 0 Å². The third kappa shape index (κ3) is 4.02. The van der Waals surface area contributed by atoms with Crippen molar-refractivity contribution in [3.05, 3.63) is 35.6 Å². The molecule has 0 N–H and O–H groups in total. The molecule has 0 amide bonds. The summed E-state index contributed by atoms with van der Waals surface area (Å²) in [5.74, 6) is -0.335. The van der Waals surface area contributed by atoms with Crippen LogP contribution in [-0.2, 0) is 5.67 Å². The number of alkyl halides is 1. The highest BCUT2D eigenvalue weighted by molar-refractivity contribution is 5.21. The summed E-state index contributed by atoms with van der Waals surface area (Å²) in [5.41, 5.74) is -0.882. The minimum absolute atomic E-state index is 0.335. The van der Waals surface area contributed by atoms with Gasteiger partial charge in [0.15, 0.2) is 0 Å². The lowest BCUT2D eigenvalue weighted by Gasteiger charge is -2.13. The maximum atomic E-state index is 13.1. The molecule has 0 radical (unpaired) electrons. The molecule has 0 heterocycles. The molecule has 0 aliphatic rings. The van der Waals surface area contributed by atoms with Crippen molar-refractivity contribution >= 4 is 0 Å². The van der Waals surface area contributed by atoms with Gasteiger partial charge < -0.3 is 0 Å². The van der Waals surface area contributed by atoms with E-state index in [2.05, 4.69) is 0 Å². The lowest BCUT2D eigenvalue weighted by Crippen LogP contribution is -2.08. The van der Waals surface area contributed by atoms with E-state index in [1.54, 1.807) is 0 Å². The molecule has 0 spiro atoms. The molecule has 1 rings (SSSR count). The molecule has 0 unspecified atom stereocenters. The number of halogens is 2. The maximum Gasteiger partial charge on any atom is 0.130 e. The van der Waals surface area contributed by atoms with Gasteiger partial charge in [0.2, 0.25) is 0 Å². The van der Waals surface area contributed by atoms with E-state index in [1.165, 1.54) is 38.1 Å². The fourth-order valence-corrected chi connectivity index (χ4v) is 0.846. The molecular weight excluding hydrogens is 170 g/mol. The Balaban J connectivity index is 0.000000671. The molecule has 2 heteroatoms. The van der Waals surface area contributed by atoms with Crippen molar-refractivity contribution in [3.8, 4) is 0 Å². The second kappa shape index (κ2) is 4.95. The predicted molar refractivity (Wildman–Crippen MR) is 51.9 cm³/mol. The van der Waals surface area contributed by atoms with Gasteiger partial charge in [-0.25, -0.2) is 8.78 Å². The molecule has 0 fully saturated rings. The van der Waals surface area contributed by atoms with Crippen molar-refractivity contribution in [2.45, 2.75) is 33.4 Å². The fourth-order valence-electron chi connectivity index (χ4n) is 0.846. The monoisotopic (exact) mass is 186 g/mol. The lowest BCUT2D eigenvalue weighted by atomic mass is 10.0. The van der Waals surface area contributed by atoms with Crippen LogP contribution in [0.1, 0.15) is 33.3 Å². The summed E-state index contributed by atoms with van der Waals surface area (Å²) >= 11 is 0. The molecule has 0 bridgehead atoms. The highest BCUT2D eigenvalue weighted by Crippen LogP contribution is 2.23. The Hall–Kier alpha value is -0.920. The summed E-state index contributed by atoms with van der Waals surface area (Å²) in [6.45, 7) is 6.89. The van der Waals surface area contributed by atoms with E-state index >= 15 is 0 Å². The predicted octanol–water partition coefficient (Wildman–Crippen LogP) is 4.06. The van der Waals surface area contributed by atoms with E-state index < -0.39 is 5.67 Å². The lowest BCUT2D eigenvalue weighted by molar-refractivity contribution is 0.221. The number of hydrogen-bond donors (Lipinski definition) is 0. The Kier molecular flexibility index (Phi) is 4.60. The minimum atomic E-state index is -1.38. The molecule has 0 aromatic heterocycles. The second-order valence-corrected chi connectivity index (χ2v) is 2.98. The van der Waals surface area contributed by atoms with E-state index in [4.69, 9.17) is 0 Å². The normalized spacial score (nSPS) is 10.3. The van der Waals surface area contributed by atoms with Gasteiger partial charge in [-0.05, 0) is 31.5 Å². The van der Waals surface area contributed by atoms with Crippen molar-refractivity contribution in [2.75, 3.05) is 0 Å². The molecule has 1 aromatic carbocycles. The first kappa shape index (κ1) is 12.1. The zero-order chi connectivity index (χ0) is 10.5. The van der Waals surface area contributed by atoms with Gasteiger partial charge in [0.05, 0.1) is 0 Å². The van der Waals surface area contributed by atoms with E-state index in [-0.39, 0.29) is 5.82 Å². The molecule has 0 atom stereocenters. The molecule has 0 aliphatic carbocycles. The van der Waals surface area contributed by atoms with E-state index in [0.29, 0.717) is 5.56 Å². The highest BCUT2D eigenvalue weighted by Gasteiger charge is 2.17. The van der Waals surface area contributed by atoms with Crippen LogP contribution < -0.4 is 0 Å². The quantitative estimate of drug-likeness (QED) is 0.620. The first-order chi connectivity index (χ1) is 6.00. The van der Waals surface area contributed by atoms with Gasteiger partial charge in [0.25, 0.3) is 0 Å². The van der Waals surface area contributed by atoms with Crippen molar-refractivity contribution in [1.82, 2.24) is 0 Å². The topological polar surface area (TPSA) is 0 Å². The largest absolute Gasteiger partial charge is 0.239 e. The number of rotatable bonds is 1. The van der Waals surface area contributed by atoms with Gasteiger partial charge in [-0.1, -0.05) is 26.0 Å². The summed E-state index contributed by atoms with van der Waals surface area (Å²) in [4.78, 5) is 0. The Morgan fingerprint density at radius 1 is 1.00 bits per heavy atom. The summed E-state index contributed by atoms with van der Waals surface area (Å²) in [6.07, 6.45) is 0. The smallest absolute Gasteiger partial charge is 0.130 e. The molecular formula is C11H16F2. The SMILES string of the molecule is CC.CC(C)(F)c1ccc(F)cc1. The maximum absolute atomic E-state index is 13.1. The molecule has 74 valence electrons. The van der Waals surface area contributed by atoms with Crippen LogP contribution in [0.4, 0.5) is 8.78 Å². The first-order valence-electron chi connectivity index (χ1n) is 4.45. The van der Waals surface area contributed by atoms with Gasteiger partial charge >= 0.3 is 0 Å². The van der Waals surface area contributed by atoms with Crippen LogP contribution in [0.5, 0.6) is 0 Å². The van der Waals surface area contributed by atoms with Crippen molar-refractivity contribution in [1.29, 1.82) is 0 Å². The molecule has 0 aliphatic heterocycles. The summed E-state index contributed by atoms with van der Waals surface area (Å²) < 4.78 is 25.5. The van der Waals surface area contributed by atoms with Crippen LogP contribution in [0.15, 0.2) is 24.3 Å². The van der Waals surface area contributed by atoms with Gasteiger partial charge in [0, 0.05) is 0 Å². The van der Waals surface area contributed by atoms with Crippen LogP contribution in [0.25, 0.3) is 0 Å². The molecule has 13 heavy (non-hydrogen) atoms. The van der Waals surface area contributed by atoms with Crippen molar-refractivity contribution in [2.24, 2.45) is 0 Å². The third-order valence-corrected chi connectivity index (χ3v) is 1.53. The fraction of sp³-hybridized carbons (Fsp3) is 0.455. The average Bonchev–Trinajstić information content (AvgIpc) is 2.07. The van der Waals surface area contributed by atoms with Crippen molar-refractivity contribution in [3.63, 3.8) is 0 Å². The zero-order valence-electron chi connectivity index (χ0n) is 8.57. The molecule has 1 aromatic rings. The molecule has 0 saturated heterocycles. The van der Waals surface area contributed by atoms with Crippen molar-refractivity contribution < 1.29 is 8.78 Å². The number of benzene rings is 1. The highest BCUT2D eigenvalue weighted by atomic mass is 19.1. The third-order valence-electron chi connectivity index (χ3n) is 1.53. The Morgan fingerprint density at radius 2 is 1.38 bits per heavy atom. The van der Waals surface area contributed by atoms with E-state index in [9.17, 15) is 8.78 Å². The average molecular weight is 186 g/mol. The molecule has 0 nitrogen and oxygen atoms in total. The standard InChI is InChI=1S/C9H10F2.C2H6/c1-9(2,11)7-3-5-8(10)6-4-7;1-2/h3-6H,1-2H3;1-2H3. The first-order valence-corrected chi connectivity index (χ1v) is 4.45. The molecule has 0 saturated carbocycles. The Morgan fingerprint density at radius 3 is 1.69 bits per heavy atom. The van der Waals surface area contributed by atoms with Gasteiger partial charge in [-0.15, -0.1) is 0 Å². The summed E-state index contributed by atoms with van der Waals surface area (Å²) in [7, 11) is 0. The summed E-state index contributed by atoms with van der Waals surface area (Å²) in [5, 5.41) is 0. The van der Waals surface area contributed by atoms with E-state index in [0.717, 1.165) is 0 Å². The van der Waals surface area contributed by atoms with Crippen LogP contribution in [-0.4, -0.2) is 0 Å². The van der Waals surface area contributed by atoms with E-state index in [1.807, 2.05) is 13.8 Å². The number of hydrogen-bond acceptors (Lipinski definition) is 0.